The molecule has 0 bridgehead atoms. The van der Waals surface area contributed by atoms with Gasteiger partial charge in [0.1, 0.15) is 0 Å². The van der Waals surface area contributed by atoms with Crippen LogP contribution in [0.4, 0.5) is 0 Å². The van der Waals surface area contributed by atoms with E-state index in [0.717, 1.165) is 23.1 Å². The molecule has 0 saturated carbocycles. The summed E-state index contributed by atoms with van der Waals surface area (Å²) in [7, 11) is 0. The van der Waals surface area contributed by atoms with Gasteiger partial charge in [0.2, 0.25) is 5.91 Å². The van der Waals surface area contributed by atoms with Crippen LogP contribution in [0, 0.1) is 5.92 Å². The molecule has 1 heterocycles. The summed E-state index contributed by atoms with van der Waals surface area (Å²) < 4.78 is 1.04. The Kier molecular flexibility index (Phi) is 3.61. The zero-order valence-electron chi connectivity index (χ0n) is 9.16. The minimum absolute atomic E-state index is 0.0451. The van der Waals surface area contributed by atoms with E-state index in [1.807, 2.05) is 31.2 Å². The van der Waals surface area contributed by atoms with Crippen LogP contribution >= 0.6 is 15.9 Å². The first-order valence-electron chi connectivity index (χ1n) is 5.44. The Labute approximate surface area is 104 Å². The summed E-state index contributed by atoms with van der Waals surface area (Å²) in [4.78, 5) is 11.8. The molecule has 1 aliphatic rings. The van der Waals surface area contributed by atoms with E-state index in [1.54, 1.807) is 0 Å². The summed E-state index contributed by atoms with van der Waals surface area (Å²) in [6, 6.07) is 8.01. The lowest BCUT2D eigenvalue weighted by Gasteiger charge is -2.27. The molecule has 16 heavy (non-hydrogen) atoms. The molecule has 0 aliphatic carbocycles. The van der Waals surface area contributed by atoms with Crippen molar-refractivity contribution in [3.05, 3.63) is 34.3 Å². The second kappa shape index (κ2) is 4.97. The number of amides is 1. The zero-order chi connectivity index (χ0) is 11.5. The maximum Gasteiger partial charge on any atom is 0.226 e. The van der Waals surface area contributed by atoms with Gasteiger partial charge < -0.3 is 10.6 Å². The number of benzene rings is 1. The SMILES string of the molecule is C[C@@H](NC(=O)C1CNC1)c1ccccc1Br. The van der Waals surface area contributed by atoms with Crippen molar-refractivity contribution in [3.63, 3.8) is 0 Å². The highest BCUT2D eigenvalue weighted by atomic mass is 79.9. The van der Waals surface area contributed by atoms with E-state index in [0.29, 0.717) is 0 Å². The maximum atomic E-state index is 11.8. The minimum Gasteiger partial charge on any atom is -0.349 e. The Morgan fingerprint density at radius 2 is 2.19 bits per heavy atom. The first kappa shape index (κ1) is 11.6. The lowest BCUT2D eigenvalue weighted by atomic mass is 10.0. The van der Waals surface area contributed by atoms with Crippen molar-refractivity contribution in [2.75, 3.05) is 13.1 Å². The van der Waals surface area contributed by atoms with Gasteiger partial charge in [-0.3, -0.25) is 4.79 Å². The van der Waals surface area contributed by atoms with E-state index in [4.69, 9.17) is 0 Å². The van der Waals surface area contributed by atoms with Crippen LogP contribution in [0.3, 0.4) is 0 Å². The molecule has 2 N–H and O–H groups in total. The third-order valence-corrected chi connectivity index (χ3v) is 3.60. The van der Waals surface area contributed by atoms with Gasteiger partial charge in [-0.1, -0.05) is 34.1 Å². The molecule has 0 unspecified atom stereocenters. The topological polar surface area (TPSA) is 41.1 Å². The number of carbonyl (C=O) groups excluding carboxylic acids is 1. The van der Waals surface area contributed by atoms with Crippen LogP contribution in [0.25, 0.3) is 0 Å². The first-order chi connectivity index (χ1) is 7.68. The number of hydrogen-bond donors (Lipinski definition) is 2. The number of rotatable bonds is 3. The molecule has 1 aromatic rings. The summed E-state index contributed by atoms with van der Waals surface area (Å²) in [6.07, 6.45) is 0. The lowest BCUT2D eigenvalue weighted by Crippen LogP contribution is -2.51. The molecule has 1 fully saturated rings. The average Bonchev–Trinajstić information content (AvgIpc) is 2.15. The van der Waals surface area contributed by atoms with Gasteiger partial charge >= 0.3 is 0 Å². The average molecular weight is 283 g/mol. The van der Waals surface area contributed by atoms with Gasteiger partial charge in [0, 0.05) is 17.6 Å². The van der Waals surface area contributed by atoms with E-state index in [1.165, 1.54) is 0 Å². The van der Waals surface area contributed by atoms with Gasteiger partial charge in [-0.2, -0.15) is 0 Å². The molecule has 86 valence electrons. The Morgan fingerprint density at radius 1 is 1.50 bits per heavy atom. The molecule has 1 amide bonds. The monoisotopic (exact) mass is 282 g/mol. The van der Waals surface area contributed by atoms with Crippen molar-refractivity contribution in [2.24, 2.45) is 5.92 Å². The number of carbonyl (C=O) groups is 1. The molecule has 3 nitrogen and oxygen atoms in total. The highest BCUT2D eigenvalue weighted by molar-refractivity contribution is 9.10. The van der Waals surface area contributed by atoms with Crippen molar-refractivity contribution < 1.29 is 4.79 Å². The van der Waals surface area contributed by atoms with Crippen molar-refractivity contribution in [2.45, 2.75) is 13.0 Å². The zero-order valence-corrected chi connectivity index (χ0v) is 10.8. The molecule has 2 rings (SSSR count). The Balaban J connectivity index is 1.99. The summed E-state index contributed by atoms with van der Waals surface area (Å²) in [6.45, 7) is 3.60. The van der Waals surface area contributed by atoms with Crippen molar-refractivity contribution in [3.8, 4) is 0 Å². The van der Waals surface area contributed by atoms with Gasteiger partial charge in [-0.15, -0.1) is 0 Å². The molecule has 1 saturated heterocycles. The van der Waals surface area contributed by atoms with E-state index in [-0.39, 0.29) is 17.9 Å². The van der Waals surface area contributed by atoms with Crippen molar-refractivity contribution in [1.29, 1.82) is 0 Å². The van der Waals surface area contributed by atoms with Crippen LogP contribution in [-0.2, 0) is 4.79 Å². The fourth-order valence-corrected chi connectivity index (χ4v) is 2.34. The maximum absolute atomic E-state index is 11.8. The van der Waals surface area contributed by atoms with E-state index in [9.17, 15) is 4.79 Å². The standard InChI is InChI=1S/C12H15BrN2O/c1-8(10-4-2-3-5-11(10)13)15-12(16)9-6-14-7-9/h2-5,8-9,14H,6-7H2,1H3,(H,15,16)/t8-/m1/s1. The summed E-state index contributed by atoms with van der Waals surface area (Å²) in [5.41, 5.74) is 1.11. The molecule has 1 atom stereocenters. The van der Waals surface area contributed by atoms with E-state index in [2.05, 4.69) is 26.6 Å². The fraction of sp³-hybridized carbons (Fsp3) is 0.417. The fourth-order valence-electron chi connectivity index (χ4n) is 1.71. The van der Waals surface area contributed by atoms with Gasteiger partial charge in [-0.05, 0) is 18.6 Å². The smallest absolute Gasteiger partial charge is 0.226 e. The Hall–Kier alpha value is -0.870. The molecule has 1 aliphatic heterocycles. The molecule has 0 spiro atoms. The van der Waals surface area contributed by atoms with Crippen molar-refractivity contribution >= 4 is 21.8 Å². The third-order valence-electron chi connectivity index (χ3n) is 2.88. The minimum atomic E-state index is 0.0451. The third kappa shape index (κ3) is 2.44. The predicted octanol–water partition coefficient (Wildman–Crippen LogP) is 1.85. The lowest BCUT2D eigenvalue weighted by molar-refractivity contribution is -0.127. The van der Waals surface area contributed by atoms with Crippen LogP contribution in [0.15, 0.2) is 28.7 Å². The van der Waals surface area contributed by atoms with Gasteiger partial charge in [0.15, 0.2) is 0 Å². The van der Waals surface area contributed by atoms with Gasteiger partial charge in [-0.25, -0.2) is 0 Å². The predicted molar refractivity (Wildman–Crippen MR) is 67.1 cm³/mol. The number of halogens is 1. The van der Waals surface area contributed by atoms with Crippen LogP contribution in [-0.4, -0.2) is 19.0 Å². The highest BCUT2D eigenvalue weighted by Crippen LogP contribution is 2.23. The van der Waals surface area contributed by atoms with Crippen LogP contribution in [0.1, 0.15) is 18.5 Å². The summed E-state index contributed by atoms with van der Waals surface area (Å²) >= 11 is 3.49. The Morgan fingerprint density at radius 3 is 2.75 bits per heavy atom. The van der Waals surface area contributed by atoms with Gasteiger partial charge in [0.25, 0.3) is 0 Å². The van der Waals surface area contributed by atoms with Crippen LogP contribution < -0.4 is 10.6 Å². The summed E-state index contributed by atoms with van der Waals surface area (Å²) in [5, 5.41) is 6.13. The molecule has 4 heteroatoms. The first-order valence-corrected chi connectivity index (χ1v) is 6.23. The van der Waals surface area contributed by atoms with Gasteiger partial charge in [0.05, 0.1) is 12.0 Å². The quantitative estimate of drug-likeness (QED) is 0.889. The number of nitrogens with one attached hydrogen (secondary N) is 2. The molecule has 0 aromatic heterocycles. The van der Waals surface area contributed by atoms with Crippen LogP contribution in [0.2, 0.25) is 0 Å². The highest BCUT2D eigenvalue weighted by Gasteiger charge is 2.26. The second-order valence-corrected chi connectivity index (χ2v) is 4.96. The normalized spacial score (nSPS) is 17.6. The van der Waals surface area contributed by atoms with Crippen molar-refractivity contribution in [1.82, 2.24) is 10.6 Å². The molecular formula is C12H15BrN2O. The number of hydrogen-bond acceptors (Lipinski definition) is 2. The molecule has 0 radical (unpaired) electrons. The Bertz CT molecular complexity index is 390. The second-order valence-electron chi connectivity index (χ2n) is 4.11. The van der Waals surface area contributed by atoms with E-state index < -0.39 is 0 Å². The van der Waals surface area contributed by atoms with Crippen LogP contribution in [0.5, 0.6) is 0 Å². The summed E-state index contributed by atoms with van der Waals surface area (Å²) in [5.74, 6) is 0.284. The van der Waals surface area contributed by atoms with E-state index >= 15 is 0 Å². The largest absolute Gasteiger partial charge is 0.349 e. The molecule has 1 aromatic carbocycles. The molecular weight excluding hydrogens is 268 g/mol.